The largest absolute Gasteiger partial charge is 0.383 e. The van der Waals surface area contributed by atoms with Crippen LogP contribution in [0.3, 0.4) is 0 Å². The number of nitrogens with two attached hydrogens (primary N) is 1. The fraction of sp³-hybridized carbons (Fsp3) is 0.692. The molecule has 1 aromatic heterocycles. The minimum atomic E-state index is 0.514. The van der Waals surface area contributed by atoms with Gasteiger partial charge in [0.1, 0.15) is 11.6 Å². The molecule has 2 atom stereocenters. The van der Waals surface area contributed by atoms with Gasteiger partial charge < -0.3 is 10.5 Å². The molecule has 1 aliphatic carbocycles. The highest BCUT2D eigenvalue weighted by atomic mass is 16.5. The van der Waals surface area contributed by atoms with E-state index in [1.165, 1.54) is 19.3 Å². The Bertz CT molecular complexity index is 433. The first kappa shape index (κ1) is 11.0. The van der Waals surface area contributed by atoms with E-state index < -0.39 is 0 Å². The molecule has 0 bridgehead atoms. The second-order valence-corrected chi connectivity index (χ2v) is 5.31. The number of fused-ring (bicyclic) bond motifs is 1. The predicted molar refractivity (Wildman–Crippen MR) is 65.6 cm³/mol. The molecule has 0 aromatic carbocycles. The maximum Gasteiger partial charge on any atom is 0.134 e. The number of hydrogen-bond donors (Lipinski definition) is 1. The summed E-state index contributed by atoms with van der Waals surface area (Å²) < 4.78 is 5.40. The van der Waals surface area contributed by atoms with Crippen LogP contribution in [0.1, 0.15) is 49.2 Å². The molecule has 17 heavy (non-hydrogen) atoms. The number of nitrogen functional groups attached to an aromatic ring is 1. The van der Waals surface area contributed by atoms with Gasteiger partial charge in [-0.05, 0) is 25.2 Å². The van der Waals surface area contributed by atoms with Crippen LogP contribution in [0.2, 0.25) is 0 Å². The summed E-state index contributed by atoms with van der Waals surface area (Å²) in [5, 5.41) is 0. The van der Waals surface area contributed by atoms with E-state index in [1.807, 2.05) is 0 Å². The fourth-order valence-electron chi connectivity index (χ4n) is 2.90. The number of aromatic nitrogens is 2. The van der Waals surface area contributed by atoms with Crippen LogP contribution < -0.4 is 5.73 Å². The van der Waals surface area contributed by atoms with Crippen LogP contribution in [-0.4, -0.2) is 16.6 Å². The maximum absolute atomic E-state index is 6.01. The third-order valence-electron chi connectivity index (χ3n) is 3.93. The number of ether oxygens (including phenoxy) is 1. The van der Waals surface area contributed by atoms with E-state index in [2.05, 4.69) is 11.9 Å². The third kappa shape index (κ3) is 2.02. The van der Waals surface area contributed by atoms with E-state index >= 15 is 0 Å². The molecule has 3 rings (SSSR count). The van der Waals surface area contributed by atoms with Gasteiger partial charge in [-0.1, -0.05) is 6.92 Å². The Labute approximate surface area is 102 Å². The normalized spacial score (nSPS) is 28.1. The van der Waals surface area contributed by atoms with Gasteiger partial charge in [0, 0.05) is 17.9 Å². The van der Waals surface area contributed by atoms with Crippen LogP contribution in [0.4, 0.5) is 5.82 Å². The molecule has 0 radical (unpaired) electrons. The van der Waals surface area contributed by atoms with Gasteiger partial charge in [0.25, 0.3) is 0 Å². The molecule has 0 spiro atoms. The van der Waals surface area contributed by atoms with Crippen LogP contribution in [-0.2, 0) is 17.8 Å². The van der Waals surface area contributed by atoms with Crippen molar-refractivity contribution < 1.29 is 4.74 Å². The molecule has 2 heterocycles. The summed E-state index contributed by atoms with van der Waals surface area (Å²) >= 11 is 0. The van der Waals surface area contributed by atoms with E-state index in [-0.39, 0.29) is 0 Å². The Hall–Kier alpha value is -1.16. The quantitative estimate of drug-likeness (QED) is 0.806. The summed E-state index contributed by atoms with van der Waals surface area (Å²) in [7, 11) is 0. The van der Waals surface area contributed by atoms with Crippen molar-refractivity contribution in [2.75, 3.05) is 12.3 Å². The first-order valence-electron chi connectivity index (χ1n) is 6.47. The number of nitrogens with zero attached hydrogens (tertiary/aromatic N) is 2. The second-order valence-electron chi connectivity index (χ2n) is 5.31. The average molecular weight is 233 g/mol. The van der Waals surface area contributed by atoms with Crippen molar-refractivity contribution in [3.8, 4) is 0 Å². The summed E-state index contributed by atoms with van der Waals surface area (Å²) in [5.74, 6) is 2.90. The lowest BCUT2D eigenvalue weighted by atomic mass is 10.0. The molecule has 1 saturated carbocycles. The Morgan fingerprint density at radius 3 is 2.94 bits per heavy atom. The molecule has 1 aliphatic heterocycles. The van der Waals surface area contributed by atoms with Gasteiger partial charge in [0.05, 0.1) is 18.9 Å². The zero-order valence-electron chi connectivity index (χ0n) is 10.3. The summed E-state index contributed by atoms with van der Waals surface area (Å²) in [6.45, 7) is 3.63. The smallest absolute Gasteiger partial charge is 0.134 e. The fourth-order valence-corrected chi connectivity index (χ4v) is 2.90. The highest BCUT2D eigenvalue weighted by Crippen LogP contribution is 2.37. The van der Waals surface area contributed by atoms with Crippen molar-refractivity contribution in [2.24, 2.45) is 5.92 Å². The van der Waals surface area contributed by atoms with Gasteiger partial charge in [-0.3, -0.25) is 0 Å². The second kappa shape index (κ2) is 4.26. The number of rotatable bonds is 1. The lowest BCUT2D eigenvalue weighted by Gasteiger charge is -2.19. The summed E-state index contributed by atoms with van der Waals surface area (Å²) in [6, 6.07) is 0. The highest BCUT2D eigenvalue weighted by molar-refractivity contribution is 5.43. The number of anilines is 1. The standard InChI is InChI=1S/C13H19N3O/c1-8-2-3-9(6-8)13-15-11-4-5-17-7-10(11)12(14)16-13/h8-9H,2-7H2,1H3,(H2,14,15,16). The zero-order valence-corrected chi connectivity index (χ0v) is 10.3. The lowest BCUT2D eigenvalue weighted by Crippen LogP contribution is -2.18. The molecule has 2 N–H and O–H groups in total. The Morgan fingerprint density at radius 2 is 2.18 bits per heavy atom. The predicted octanol–water partition coefficient (Wildman–Crippen LogP) is 2.04. The molecule has 4 heteroatoms. The van der Waals surface area contributed by atoms with Crippen molar-refractivity contribution in [2.45, 2.75) is 45.1 Å². The SMILES string of the molecule is CC1CCC(c2nc(N)c3c(n2)CCOC3)C1. The van der Waals surface area contributed by atoms with E-state index in [9.17, 15) is 0 Å². The van der Waals surface area contributed by atoms with Crippen LogP contribution >= 0.6 is 0 Å². The van der Waals surface area contributed by atoms with Crippen LogP contribution in [0.25, 0.3) is 0 Å². The Morgan fingerprint density at radius 1 is 1.29 bits per heavy atom. The lowest BCUT2D eigenvalue weighted by molar-refractivity contribution is 0.109. The average Bonchev–Trinajstić information content (AvgIpc) is 2.76. The molecule has 2 aliphatic rings. The molecule has 1 aromatic rings. The van der Waals surface area contributed by atoms with Gasteiger partial charge in [0.2, 0.25) is 0 Å². The van der Waals surface area contributed by atoms with E-state index in [1.54, 1.807) is 0 Å². The van der Waals surface area contributed by atoms with E-state index in [0.717, 1.165) is 36.0 Å². The monoisotopic (exact) mass is 233 g/mol. The Balaban J connectivity index is 1.93. The minimum Gasteiger partial charge on any atom is -0.383 e. The maximum atomic E-state index is 6.01. The van der Waals surface area contributed by atoms with Crippen molar-refractivity contribution >= 4 is 5.82 Å². The third-order valence-corrected chi connectivity index (χ3v) is 3.93. The van der Waals surface area contributed by atoms with Crippen LogP contribution in [0.15, 0.2) is 0 Å². The van der Waals surface area contributed by atoms with Crippen molar-refractivity contribution in [3.05, 3.63) is 17.1 Å². The van der Waals surface area contributed by atoms with Crippen molar-refractivity contribution in [3.63, 3.8) is 0 Å². The molecular weight excluding hydrogens is 214 g/mol. The van der Waals surface area contributed by atoms with E-state index in [0.29, 0.717) is 18.3 Å². The molecular formula is C13H19N3O. The topological polar surface area (TPSA) is 61.0 Å². The molecule has 0 amide bonds. The number of hydrogen-bond acceptors (Lipinski definition) is 4. The highest BCUT2D eigenvalue weighted by Gasteiger charge is 2.27. The molecule has 4 nitrogen and oxygen atoms in total. The van der Waals surface area contributed by atoms with Gasteiger partial charge >= 0.3 is 0 Å². The van der Waals surface area contributed by atoms with Crippen molar-refractivity contribution in [1.82, 2.24) is 9.97 Å². The summed E-state index contributed by atoms with van der Waals surface area (Å²) in [5.41, 5.74) is 8.13. The van der Waals surface area contributed by atoms with Crippen molar-refractivity contribution in [1.29, 1.82) is 0 Å². The first-order chi connectivity index (χ1) is 8.24. The van der Waals surface area contributed by atoms with Gasteiger partial charge in [-0.15, -0.1) is 0 Å². The molecule has 1 fully saturated rings. The van der Waals surface area contributed by atoms with Crippen LogP contribution in [0, 0.1) is 5.92 Å². The minimum absolute atomic E-state index is 0.514. The molecule has 92 valence electrons. The zero-order chi connectivity index (χ0) is 11.8. The summed E-state index contributed by atoms with van der Waals surface area (Å²) in [6.07, 6.45) is 4.57. The van der Waals surface area contributed by atoms with Gasteiger partial charge in [0.15, 0.2) is 0 Å². The Kier molecular flexibility index (Phi) is 2.74. The van der Waals surface area contributed by atoms with E-state index in [4.69, 9.17) is 15.5 Å². The molecule has 0 saturated heterocycles. The molecule has 2 unspecified atom stereocenters. The van der Waals surface area contributed by atoms with Crippen LogP contribution in [0.5, 0.6) is 0 Å². The van der Waals surface area contributed by atoms with Gasteiger partial charge in [-0.25, -0.2) is 9.97 Å². The first-order valence-corrected chi connectivity index (χ1v) is 6.47. The summed E-state index contributed by atoms with van der Waals surface area (Å²) in [4.78, 5) is 9.21. The van der Waals surface area contributed by atoms with Gasteiger partial charge in [-0.2, -0.15) is 0 Å².